The molecule has 0 aliphatic rings. The lowest BCUT2D eigenvalue weighted by Crippen LogP contribution is -2.30. The lowest BCUT2D eigenvalue weighted by Gasteiger charge is -2.10. The molecule has 1 aromatic carbocycles. The highest BCUT2D eigenvalue weighted by atomic mass is 35.5. The van der Waals surface area contributed by atoms with Crippen molar-refractivity contribution in [3.8, 4) is 0 Å². The van der Waals surface area contributed by atoms with Crippen LogP contribution in [-0.4, -0.2) is 11.9 Å². The van der Waals surface area contributed by atoms with Gasteiger partial charge in [0.15, 0.2) is 0 Å². The van der Waals surface area contributed by atoms with Crippen molar-refractivity contribution in [2.24, 2.45) is 0 Å². The van der Waals surface area contributed by atoms with Gasteiger partial charge in [-0.1, -0.05) is 37.1 Å². The molecule has 0 saturated carbocycles. The Morgan fingerprint density at radius 3 is 2.65 bits per heavy atom. The molecule has 92 valence electrons. The summed E-state index contributed by atoms with van der Waals surface area (Å²) >= 11 is 5.77. The van der Waals surface area contributed by atoms with Gasteiger partial charge in [0.25, 0.3) is 0 Å². The molecule has 0 unspecified atom stereocenters. The molecule has 0 heterocycles. The quantitative estimate of drug-likeness (QED) is 0.795. The molecule has 1 atom stereocenters. The molecular weight excluding hydrogens is 234 g/mol. The van der Waals surface area contributed by atoms with Crippen LogP contribution in [0.15, 0.2) is 30.3 Å². The van der Waals surface area contributed by atoms with E-state index in [-0.39, 0.29) is 11.9 Å². The molecule has 1 N–H and O–H groups in total. The smallest absolute Gasteiger partial charge is 0.244 e. The summed E-state index contributed by atoms with van der Waals surface area (Å²) in [7, 11) is 0. The lowest BCUT2D eigenvalue weighted by molar-refractivity contribution is -0.117. The molecule has 0 fully saturated rings. The number of nitrogens with one attached hydrogen (secondary N) is 1. The van der Waals surface area contributed by atoms with E-state index in [4.69, 9.17) is 11.6 Å². The topological polar surface area (TPSA) is 29.1 Å². The van der Waals surface area contributed by atoms with Crippen LogP contribution in [0.4, 0.5) is 0 Å². The van der Waals surface area contributed by atoms with E-state index in [1.54, 1.807) is 24.3 Å². The number of carbonyl (C=O) groups is 1. The second-order valence-electron chi connectivity index (χ2n) is 4.08. The van der Waals surface area contributed by atoms with Crippen LogP contribution in [0.1, 0.15) is 32.3 Å². The zero-order valence-electron chi connectivity index (χ0n) is 10.2. The number of rotatable bonds is 5. The lowest BCUT2D eigenvalue weighted by atomic mass is 10.2. The van der Waals surface area contributed by atoms with Gasteiger partial charge in [0.05, 0.1) is 0 Å². The molecule has 0 aliphatic heterocycles. The molecule has 2 nitrogen and oxygen atoms in total. The fourth-order valence-electron chi connectivity index (χ4n) is 1.54. The maximum absolute atomic E-state index is 11.5. The van der Waals surface area contributed by atoms with Gasteiger partial charge in [0.1, 0.15) is 0 Å². The summed E-state index contributed by atoms with van der Waals surface area (Å²) in [5.74, 6) is -0.0547. The van der Waals surface area contributed by atoms with Gasteiger partial charge >= 0.3 is 0 Å². The Morgan fingerprint density at radius 1 is 1.41 bits per heavy atom. The van der Waals surface area contributed by atoms with Gasteiger partial charge < -0.3 is 5.32 Å². The van der Waals surface area contributed by atoms with Crippen molar-refractivity contribution < 1.29 is 4.79 Å². The average Bonchev–Trinajstić information content (AvgIpc) is 2.28. The van der Waals surface area contributed by atoms with E-state index >= 15 is 0 Å². The third-order valence-electron chi connectivity index (χ3n) is 2.41. The molecule has 0 spiro atoms. The minimum Gasteiger partial charge on any atom is -0.350 e. The van der Waals surface area contributed by atoms with Crippen LogP contribution in [0.25, 0.3) is 6.08 Å². The minimum absolute atomic E-state index is 0.0547. The van der Waals surface area contributed by atoms with Gasteiger partial charge in [-0.25, -0.2) is 0 Å². The van der Waals surface area contributed by atoms with Crippen molar-refractivity contribution in [1.29, 1.82) is 0 Å². The van der Waals surface area contributed by atoms with Crippen LogP contribution in [0.2, 0.25) is 5.02 Å². The van der Waals surface area contributed by atoms with Gasteiger partial charge in [-0.3, -0.25) is 4.79 Å². The Kier molecular flexibility index (Phi) is 5.78. The van der Waals surface area contributed by atoms with Crippen LogP contribution in [-0.2, 0) is 4.79 Å². The van der Waals surface area contributed by atoms with Gasteiger partial charge in [0, 0.05) is 17.1 Å². The van der Waals surface area contributed by atoms with Crippen LogP contribution < -0.4 is 5.32 Å². The van der Waals surface area contributed by atoms with Crippen LogP contribution in [0.3, 0.4) is 0 Å². The molecule has 1 aromatic rings. The molecule has 0 aromatic heterocycles. The number of amides is 1. The van der Waals surface area contributed by atoms with Gasteiger partial charge in [-0.15, -0.1) is 0 Å². The van der Waals surface area contributed by atoms with Gasteiger partial charge in [-0.2, -0.15) is 0 Å². The van der Waals surface area contributed by atoms with Gasteiger partial charge in [0.2, 0.25) is 5.91 Å². The molecule has 0 aliphatic carbocycles. The first-order chi connectivity index (χ1) is 8.11. The zero-order chi connectivity index (χ0) is 12.7. The average molecular weight is 252 g/mol. The van der Waals surface area contributed by atoms with Crippen LogP contribution >= 0.6 is 11.6 Å². The third-order valence-corrected chi connectivity index (χ3v) is 2.66. The number of hydrogen-bond acceptors (Lipinski definition) is 1. The molecule has 17 heavy (non-hydrogen) atoms. The van der Waals surface area contributed by atoms with Crippen LogP contribution in [0, 0.1) is 0 Å². The van der Waals surface area contributed by atoms with Crippen molar-refractivity contribution in [2.75, 3.05) is 0 Å². The second kappa shape index (κ2) is 7.13. The summed E-state index contributed by atoms with van der Waals surface area (Å²) in [6.07, 6.45) is 5.41. The zero-order valence-corrected chi connectivity index (χ0v) is 11.0. The van der Waals surface area contributed by atoms with E-state index in [9.17, 15) is 4.79 Å². The van der Waals surface area contributed by atoms with Gasteiger partial charge in [-0.05, 0) is 37.1 Å². The van der Waals surface area contributed by atoms with E-state index in [2.05, 4.69) is 12.2 Å². The predicted molar refractivity (Wildman–Crippen MR) is 73.0 cm³/mol. The number of hydrogen-bond donors (Lipinski definition) is 1. The SMILES string of the molecule is CCC[C@@H](C)NC(=O)/C=C/c1ccc(Cl)cc1. The Labute approximate surface area is 108 Å². The molecule has 3 heteroatoms. The first-order valence-corrected chi connectivity index (χ1v) is 6.23. The number of benzene rings is 1. The molecule has 0 radical (unpaired) electrons. The summed E-state index contributed by atoms with van der Waals surface area (Å²) in [4.78, 5) is 11.5. The molecule has 0 bridgehead atoms. The highest BCUT2D eigenvalue weighted by Gasteiger charge is 2.02. The molecule has 1 rings (SSSR count). The first kappa shape index (κ1) is 13.8. The molecule has 1 amide bonds. The fraction of sp³-hybridized carbons (Fsp3) is 0.357. The first-order valence-electron chi connectivity index (χ1n) is 5.86. The molecule has 0 saturated heterocycles. The highest BCUT2D eigenvalue weighted by Crippen LogP contribution is 2.10. The van der Waals surface area contributed by atoms with E-state index in [0.717, 1.165) is 18.4 Å². The number of halogens is 1. The summed E-state index contributed by atoms with van der Waals surface area (Å²) < 4.78 is 0. The Hall–Kier alpha value is -1.28. The maximum Gasteiger partial charge on any atom is 0.244 e. The van der Waals surface area contributed by atoms with Crippen molar-refractivity contribution in [3.05, 3.63) is 40.9 Å². The maximum atomic E-state index is 11.5. The molecular formula is C14H18ClNO. The van der Waals surface area contributed by atoms with E-state index in [1.807, 2.05) is 19.1 Å². The Balaban J connectivity index is 2.47. The number of carbonyl (C=O) groups excluding carboxylic acids is 1. The van der Waals surface area contributed by atoms with E-state index in [1.165, 1.54) is 0 Å². The third kappa shape index (κ3) is 5.55. The normalized spacial score (nSPS) is 12.6. The fourth-order valence-corrected chi connectivity index (χ4v) is 1.67. The summed E-state index contributed by atoms with van der Waals surface area (Å²) in [5.41, 5.74) is 0.965. The summed E-state index contributed by atoms with van der Waals surface area (Å²) in [6.45, 7) is 4.11. The largest absolute Gasteiger partial charge is 0.350 e. The monoisotopic (exact) mass is 251 g/mol. The van der Waals surface area contributed by atoms with Crippen molar-refractivity contribution in [2.45, 2.75) is 32.7 Å². The summed E-state index contributed by atoms with van der Waals surface area (Å²) in [6, 6.07) is 7.59. The standard InChI is InChI=1S/C14H18ClNO/c1-3-4-11(2)16-14(17)10-7-12-5-8-13(15)9-6-12/h5-11H,3-4H2,1-2H3,(H,16,17)/b10-7+/t11-/m1/s1. The Morgan fingerprint density at radius 2 is 2.06 bits per heavy atom. The van der Waals surface area contributed by atoms with E-state index < -0.39 is 0 Å². The van der Waals surface area contributed by atoms with Crippen molar-refractivity contribution >= 4 is 23.6 Å². The van der Waals surface area contributed by atoms with Crippen LogP contribution in [0.5, 0.6) is 0 Å². The van der Waals surface area contributed by atoms with Crippen molar-refractivity contribution in [3.63, 3.8) is 0 Å². The predicted octanol–water partition coefficient (Wildman–Crippen LogP) is 3.66. The Bertz CT molecular complexity index is 384. The highest BCUT2D eigenvalue weighted by molar-refractivity contribution is 6.30. The van der Waals surface area contributed by atoms with Crippen molar-refractivity contribution in [1.82, 2.24) is 5.32 Å². The minimum atomic E-state index is -0.0547. The second-order valence-corrected chi connectivity index (χ2v) is 4.52. The summed E-state index contributed by atoms with van der Waals surface area (Å²) in [5, 5.41) is 3.61. The van der Waals surface area contributed by atoms with E-state index in [0.29, 0.717) is 5.02 Å².